The number of halogens is 2. The lowest BCUT2D eigenvalue weighted by molar-refractivity contribution is 0.0770. The Bertz CT molecular complexity index is 390. The average molecular weight is 365 g/mol. The second-order valence-corrected chi connectivity index (χ2v) is 6.23. The standard InChI is InChI=1S/C15H23BrClNO2/c1-11(2)19-7-4-5-18-6-8-20-15-12(3)9-13(16)10-14(15)17/h9-11,18H,4-8H2,1-3H3. The van der Waals surface area contributed by atoms with Crippen molar-refractivity contribution in [1.29, 1.82) is 0 Å². The molecule has 0 atom stereocenters. The number of nitrogens with one attached hydrogen (secondary N) is 1. The SMILES string of the molecule is Cc1cc(Br)cc(Cl)c1OCCNCCCOC(C)C. The summed E-state index contributed by atoms with van der Waals surface area (Å²) in [6, 6.07) is 3.85. The van der Waals surface area contributed by atoms with Crippen LogP contribution in [-0.2, 0) is 4.74 Å². The normalized spacial score (nSPS) is 11.1. The molecular formula is C15H23BrClNO2. The van der Waals surface area contributed by atoms with Crippen LogP contribution in [0.2, 0.25) is 5.02 Å². The minimum Gasteiger partial charge on any atom is -0.490 e. The van der Waals surface area contributed by atoms with Gasteiger partial charge in [-0.1, -0.05) is 27.5 Å². The lowest BCUT2D eigenvalue weighted by atomic mass is 10.2. The lowest BCUT2D eigenvalue weighted by Gasteiger charge is -2.12. The highest BCUT2D eigenvalue weighted by atomic mass is 79.9. The molecule has 1 N–H and O–H groups in total. The first-order chi connectivity index (χ1) is 9.50. The molecule has 0 unspecified atom stereocenters. The van der Waals surface area contributed by atoms with Crippen molar-refractivity contribution in [2.75, 3.05) is 26.3 Å². The molecule has 0 saturated carbocycles. The van der Waals surface area contributed by atoms with Gasteiger partial charge in [-0.05, 0) is 51.4 Å². The van der Waals surface area contributed by atoms with Crippen molar-refractivity contribution in [2.24, 2.45) is 0 Å². The molecule has 0 fully saturated rings. The minimum absolute atomic E-state index is 0.306. The van der Waals surface area contributed by atoms with Gasteiger partial charge in [-0.2, -0.15) is 0 Å². The molecule has 3 nitrogen and oxygen atoms in total. The predicted octanol–water partition coefficient (Wildman–Crippen LogP) is 4.19. The van der Waals surface area contributed by atoms with Crippen LogP contribution in [0.4, 0.5) is 0 Å². The number of hydrogen-bond acceptors (Lipinski definition) is 3. The monoisotopic (exact) mass is 363 g/mol. The van der Waals surface area contributed by atoms with Gasteiger partial charge in [0.15, 0.2) is 0 Å². The van der Waals surface area contributed by atoms with Gasteiger partial charge < -0.3 is 14.8 Å². The van der Waals surface area contributed by atoms with E-state index in [-0.39, 0.29) is 0 Å². The quantitative estimate of drug-likeness (QED) is 0.666. The van der Waals surface area contributed by atoms with E-state index in [1.165, 1.54) is 0 Å². The van der Waals surface area contributed by atoms with Gasteiger partial charge in [0.2, 0.25) is 0 Å². The highest BCUT2D eigenvalue weighted by Gasteiger charge is 2.06. The number of aryl methyl sites for hydroxylation is 1. The van der Waals surface area contributed by atoms with E-state index in [9.17, 15) is 0 Å². The smallest absolute Gasteiger partial charge is 0.140 e. The van der Waals surface area contributed by atoms with Gasteiger partial charge in [0, 0.05) is 17.6 Å². The summed E-state index contributed by atoms with van der Waals surface area (Å²) in [6.07, 6.45) is 1.32. The Morgan fingerprint density at radius 3 is 2.65 bits per heavy atom. The molecule has 1 aromatic rings. The van der Waals surface area contributed by atoms with Crippen LogP contribution in [-0.4, -0.2) is 32.4 Å². The summed E-state index contributed by atoms with van der Waals surface area (Å²) < 4.78 is 12.2. The van der Waals surface area contributed by atoms with E-state index in [2.05, 4.69) is 21.2 Å². The summed E-state index contributed by atoms with van der Waals surface area (Å²) in [5.74, 6) is 0.764. The van der Waals surface area contributed by atoms with Crippen LogP contribution in [0, 0.1) is 6.92 Å². The topological polar surface area (TPSA) is 30.5 Å². The third-order valence-electron chi connectivity index (χ3n) is 2.67. The van der Waals surface area contributed by atoms with Crippen LogP contribution in [0.3, 0.4) is 0 Å². The van der Waals surface area contributed by atoms with Crippen LogP contribution in [0.5, 0.6) is 5.75 Å². The Balaban J connectivity index is 2.16. The third-order valence-corrected chi connectivity index (χ3v) is 3.41. The maximum absolute atomic E-state index is 6.15. The maximum atomic E-state index is 6.15. The van der Waals surface area contributed by atoms with E-state index >= 15 is 0 Å². The zero-order valence-corrected chi connectivity index (χ0v) is 14.7. The van der Waals surface area contributed by atoms with Gasteiger partial charge in [-0.15, -0.1) is 0 Å². The largest absolute Gasteiger partial charge is 0.490 e. The second-order valence-electron chi connectivity index (χ2n) is 4.91. The Labute approximate surface area is 135 Å². The van der Waals surface area contributed by atoms with E-state index < -0.39 is 0 Å². The summed E-state index contributed by atoms with van der Waals surface area (Å²) in [6.45, 7) is 9.22. The van der Waals surface area contributed by atoms with Gasteiger partial charge in [0.1, 0.15) is 12.4 Å². The lowest BCUT2D eigenvalue weighted by Crippen LogP contribution is -2.23. The predicted molar refractivity (Wildman–Crippen MR) is 88.0 cm³/mol. The van der Waals surface area contributed by atoms with Crippen molar-refractivity contribution >= 4 is 27.5 Å². The van der Waals surface area contributed by atoms with Crippen molar-refractivity contribution < 1.29 is 9.47 Å². The number of benzene rings is 1. The fraction of sp³-hybridized carbons (Fsp3) is 0.600. The first-order valence-corrected chi connectivity index (χ1v) is 8.08. The van der Waals surface area contributed by atoms with Crippen LogP contribution >= 0.6 is 27.5 Å². The Morgan fingerprint density at radius 2 is 2.00 bits per heavy atom. The average Bonchev–Trinajstić information content (AvgIpc) is 2.34. The van der Waals surface area contributed by atoms with Gasteiger partial charge in [-0.3, -0.25) is 0 Å². The van der Waals surface area contributed by atoms with Gasteiger partial charge >= 0.3 is 0 Å². The molecule has 5 heteroatoms. The number of rotatable bonds is 9. The number of hydrogen-bond donors (Lipinski definition) is 1. The van der Waals surface area contributed by atoms with E-state index in [1.54, 1.807) is 0 Å². The molecule has 0 spiro atoms. The second kappa shape index (κ2) is 9.61. The van der Waals surface area contributed by atoms with Gasteiger partial charge in [-0.25, -0.2) is 0 Å². The Morgan fingerprint density at radius 1 is 1.25 bits per heavy atom. The van der Waals surface area contributed by atoms with Crippen LogP contribution < -0.4 is 10.1 Å². The summed E-state index contributed by atoms with van der Waals surface area (Å²) in [4.78, 5) is 0. The Kier molecular flexibility index (Phi) is 8.53. The molecule has 0 aliphatic carbocycles. The van der Waals surface area contributed by atoms with E-state index in [0.29, 0.717) is 17.7 Å². The molecule has 114 valence electrons. The molecule has 1 aromatic carbocycles. The van der Waals surface area contributed by atoms with E-state index in [1.807, 2.05) is 32.9 Å². The molecule has 0 amide bonds. The highest BCUT2D eigenvalue weighted by molar-refractivity contribution is 9.10. The molecule has 0 heterocycles. The van der Waals surface area contributed by atoms with Crippen molar-refractivity contribution in [2.45, 2.75) is 33.3 Å². The molecule has 0 bridgehead atoms. The first-order valence-electron chi connectivity index (χ1n) is 6.91. The minimum atomic E-state index is 0.306. The molecule has 1 rings (SSSR count). The fourth-order valence-electron chi connectivity index (χ4n) is 1.74. The van der Waals surface area contributed by atoms with Crippen molar-refractivity contribution in [3.63, 3.8) is 0 Å². The van der Waals surface area contributed by atoms with Crippen LogP contribution in [0.15, 0.2) is 16.6 Å². The summed E-state index contributed by atoms with van der Waals surface area (Å²) in [5, 5.41) is 3.96. The molecule has 20 heavy (non-hydrogen) atoms. The van der Waals surface area contributed by atoms with Crippen molar-refractivity contribution in [1.82, 2.24) is 5.32 Å². The molecule has 0 saturated heterocycles. The van der Waals surface area contributed by atoms with Crippen LogP contribution in [0.25, 0.3) is 0 Å². The zero-order valence-electron chi connectivity index (χ0n) is 12.3. The maximum Gasteiger partial charge on any atom is 0.140 e. The van der Waals surface area contributed by atoms with Crippen molar-refractivity contribution in [3.05, 3.63) is 27.2 Å². The first kappa shape index (κ1) is 17.8. The molecule has 0 aliphatic rings. The molecule has 0 radical (unpaired) electrons. The van der Waals surface area contributed by atoms with E-state index in [0.717, 1.165) is 41.9 Å². The van der Waals surface area contributed by atoms with Crippen molar-refractivity contribution in [3.8, 4) is 5.75 Å². The molecule has 0 aromatic heterocycles. The number of ether oxygens (including phenoxy) is 2. The highest BCUT2D eigenvalue weighted by Crippen LogP contribution is 2.31. The summed E-state index contributed by atoms with van der Waals surface area (Å²) in [7, 11) is 0. The fourth-order valence-corrected chi connectivity index (χ4v) is 2.76. The third kappa shape index (κ3) is 6.93. The van der Waals surface area contributed by atoms with Gasteiger partial charge in [0.05, 0.1) is 11.1 Å². The van der Waals surface area contributed by atoms with Gasteiger partial charge in [0.25, 0.3) is 0 Å². The summed E-state index contributed by atoms with van der Waals surface area (Å²) in [5.41, 5.74) is 1.04. The van der Waals surface area contributed by atoms with Crippen LogP contribution in [0.1, 0.15) is 25.8 Å². The zero-order chi connectivity index (χ0) is 15.0. The van der Waals surface area contributed by atoms with E-state index in [4.69, 9.17) is 21.1 Å². The Hall–Kier alpha value is -0.290. The summed E-state index contributed by atoms with van der Waals surface area (Å²) >= 11 is 9.56. The molecular weight excluding hydrogens is 342 g/mol. The molecule has 0 aliphatic heterocycles.